The Balaban J connectivity index is 1.71. The number of carbonyl (C=O) groups is 1. The molecule has 1 unspecified atom stereocenters. The highest BCUT2D eigenvalue weighted by molar-refractivity contribution is 7.80. The predicted octanol–water partition coefficient (Wildman–Crippen LogP) is 0.596. The molecule has 1 atom stereocenters. The lowest BCUT2D eigenvalue weighted by atomic mass is 10.2. The molecule has 0 saturated carbocycles. The molecule has 1 saturated heterocycles. The van der Waals surface area contributed by atoms with Gasteiger partial charge in [0, 0.05) is 38.3 Å². The van der Waals surface area contributed by atoms with Crippen molar-refractivity contribution in [3.05, 3.63) is 35.7 Å². The van der Waals surface area contributed by atoms with Crippen molar-refractivity contribution >= 4 is 29.0 Å². The quantitative estimate of drug-likeness (QED) is 0.653. The average molecular weight is 440 g/mol. The van der Waals surface area contributed by atoms with E-state index in [1.54, 1.807) is 4.90 Å². The maximum Gasteiger partial charge on any atom is 0.256 e. The fraction of sp³-hybridized carbons (Fsp3) is 0.444. The number of amides is 1. The number of nitrogens with zero attached hydrogens (tertiary/aromatic N) is 5. The van der Waals surface area contributed by atoms with Crippen LogP contribution in [0.4, 0.5) is 14.5 Å². The lowest BCUT2D eigenvalue weighted by Gasteiger charge is -2.36. The van der Waals surface area contributed by atoms with Crippen LogP contribution in [0.2, 0.25) is 0 Å². The van der Waals surface area contributed by atoms with Gasteiger partial charge in [0.25, 0.3) is 11.1 Å². The van der Waals surface area contributed by atoms with Crippen LogP contribution >= 0.6 is 12.2 Å². The Bertz CT molecular complexity index is 907. The zero-order valence-corrected chi connectivity index (χ0v) is 17.3. The van der Waals surface area contributed by atoms with Crippen molar-refractivity contribution in [2.24, 2.45) is 0 Å². The Morgan fingerprint density at radius 3 is 2.50 bits per heavy atom. The van der Waals surface area contributed by atoms with Crippen molar-refractivity contribution in [3.8, 4) is 5.69 Å². The molecule has 12 heteroatoms. The van der Waals surface area contributed by atoms with Crippen molar-refractivity contribution < 1.29 is 23.4 Å². The predicted molar refractivity (Wildman–Crippen MR) is 108 cm³/mol. The number of methoxy groups -OCH3 is 1. The highest BCUT2D eigenvalue weighted by Gasteiger charge is 2.27. The molecule has 162 valence electrons. The molecule has 1 aliphatic heterocycles. The maximum absolute atomic E-state index is 14.8. The van der Waals surface area contributed by atoms with Gasteiger partial charge in [-0.2, -0.15) is 0 Å². The largest absolute Gasteiger partial charge is 0.474 e. The fourth-order valence-corrected chi connectivity index (χ4v) is 3.21. The number of hydrogen-bond acceptors (Lipinski definition) is 7. The molecule has 2 aromatic rings. The number of thiocarbonyl (C=S) groups is 1. The Morgan fingerprint density at radius 2 is 1.93 bits per heavy atom. The minimum Gasteiger partial charge on any atom is -0.474 e. The monoisotopic (exact) mass is 440 g/mol. The van der Waals surface area contributed by atoms with Crippen molar-refractivity contribution in [1.82, 2.24) is 25.2 Å². The second-order valence-electron chi connectivity index (χ2n) is 6.75. The molecular weight excluding hydrogens is 418 g/mol. The maximum atomic E-state index is 14.8. The Morgan fingerprint density at radius 1 is 1.30 bits per heavy atom. The smallest absolute Gasteiger partial charge is 0.256 e. The number of nitrogens with one attached hydrogen (secondary N) is 1. The third kappa shape index (κ3) is 4.82. The molecule has 3 rings (SSSR count). The van der Waals surface area contributed by atoms with Crippen LogP contribution in [0.1, 0.15) is 12.6 Å². The van der Waals surface area contributed by atoms with Crippen molar-refractivity contribution in [1.29, 1.82) is 0 Å². The number of carbonyl (C=O) groups excluding carboxylic acids is 1. The number of ether oxygens (including phenoxy) is 1. The molecule has 2 N–H and O–H groups in total. The molecule has 2 heterocycles. The zero-order valence-electron chi connectivity index (χ0n) is 16.5. The zero-order chi connectivity index (χ0) is 21.8. The first-order valence-corrected chi connectivity index (χ1v) is 9.65. The van der Waals surface area contributed by atoms with E-state index in [1.165, 1.54) is 41.9 Å². The van der Waals surface area contributed by atoms with E-state index in [2.05, 4.69) is 15.6 Å². The van der Waals surface area contributed by atoms with Gasteiger partial charge in [0.15, 0.2) is 11.6 Å². The summed E-state index contributed by atoms with van der Waals surface area (Å²) in [4.78, 5) is 14.9. The average Bonchev–Trinajstić information content (AvgIpc) is 3.20. The lowest BCUT2D eigenvalue weighted by Crippen LogP contribution is -2.51. The Labute approximate surface area is 177 Å². The summed E-state index contributed by atoms with van der Waals surface area (Å²) in [5.41, 5.74) is 0.540. The number of hydrogen-bond donors (Lipinski definition) is 2. The van der Waals surface area contributed by atoms with Gasteiger partial charge in [-0.05, 0) is 19.1 Å². The molecule has 0 radical (unpaired) electrons. The summed E-state index contributed by atoms with van der Waals surface area (Å²) in [5, 5.41) is 20.2. The minimum atomic E-state index is -1.10. The van der Waals surface area contributed by atoms with Crippen LogP contribution in [0.5, 0.6) is 0 Å². The Hall–Kier alpha value is -2.86. The fourth-order valence-electron chi connectivity index (χ4n) is 3.14. The number of anilines is 1. The van der Waals surface area contributed by atoms with Crippen LogP contribution in [0, 0.1) is 11.6 Å². The highest BCUT2D eigenvalue weighted by Crippen LogP contribution is 2.27. The van der Waals surface area contributed by atoms with Gasteiger partial charge >= 0.3 is 0 Å². The summed E-state index contributed by atoms with van der Waals surface area (Å²) in [6, 6.07) is 2.36. The van der Waals surface area contributed by atoms with Crippen LogP contribution in [0.15, 0.2) is 18.3 Å². The van der Waals surface area contributed by atoms with E-state index in [1.807, 2.05) is 0 Å². The summed E-state index contributed by atoms with van der Waals surface area (Å²) >= 11 is 4.87. The van der Waals surface area contributed by atoms with Crippen LogP contribution in [0.25, 0.3) is 5.69 Å². The molecule has 0 aliphatic carbocycles. The molecule has 30 heavy (non-hydrogen) atoms. The summed E-state index contributed by atoms with van der Waals surface area (Å²) in [5.74, 6) is -1.87. The standard InChI is InChI=1S/C18H22F2N6O3S/c1-11(27)17(28)25-5-3-24(4-6-25)16-14(19)7-13(8-15(16)20)26-10-12(22-23-26)9-21-18(30)29-2/h7-8,10-11,27H,3-6,9H2,1-2H3,(H,21,30). The summed E-state index contributed by atoms with van der Waals surface area (Å²) in [6.45, 7) is 2.70. The first-order valence-electron chi connectivity index (χ1n) is 9.24. The summed E-state index contributed by atoms with van der Waals surface area (Å²) in [7, 11) is 1.43. The van der Waals surface area contributed by atoms with Gasteiger partial charge in [-0.15, -0.1) is 5.10 Å². The first kappa shape index (κ1) is 21.8. The third-order valence-corrected chi connectivity index (χ3v) is 4.98. The number of rotatable bonds is 5. The van der Waals surface area contributed by atoms with Gasteiger partial charge in [-0.3, -0.25) is 4.79 Å². The second-order valence-corrected chi connectivity index (χ2v) is 7.12. The van der Waals surface area contributed by atoms with Gasteiger partial charge < -0.3 is 25.0 Å². The van der Waals surface area contributed by atoms with Crippen LogP contribution in [0.3, 0.4) is 0 Å². The van der Waals surface area contributed by atoms with E-state index in [-0.39, 0.29) is 49.3 Å². The van der Waals surface area contributed by atoms with Crippen molar-refractivity contribution in [2.75, 3.05) is 38.2 Å². The number of halogens is 2. The van der Waals surface area contributed by atoms with E-state index in [9.17, 15) is 18.7 Å². The molecule has 1 aliphatic rings. The van der Waals surface area contributed by atoms with E-state index in [0.717, 1.165) is 0 Å². The number of piperazine rings is 1. The molecule has 1 aromatic carbocycles. The molecule has 1 fully saturated rings. The summed E-state index contributed by atoms with van der Waals surface area (Å²) < 4.78 is 35.6. The van der Waals surface area contributed by atoms with Crippen LogP contribution < -0.4 is 10.2 Å². The van der Waals surface area contributed by atoms with E-state index < -0.39 is 23.6 Å². The van der Waals surface area contributed by atoms with Gasteiger partial charge in [0.2, 0.25) is 0 Å². The summed E-state index contributed by atoms with van der Waals surface area (Å²) in [6.07, 6.45) is 0.428. The van der Waals surface area contributed by atoms with E-state index >= 15 is 0 Å². The van der Waals surface area contributed by atoms with Crippen molar-refractivity contribution in [2.45, 2.75) is 19.6 Å². The van der Waals surface area contributed by atoms with Gasteiger partial charge in [0.05, 0.1) is 25.5 Å². The molecule has 0 bridgehead atoms. The van der Waals surface area contributed by atoms with Gasteiger partial charge in [0.1, 0.15) is 17.5 Å². The third-order valence-electron chi connectivity index (χ3n) is 4.67. The number of aliphatic hydroxyl groups is 1. The normalized spacial score (nSPS) is 15.1. The molecule has 1 aromatic heterocycles. The molecule has 0 spiro atoms. The SMILES string of the molecule is COC(=S)NCc1cn(-c2cc(F)c(N3CCN(C(=O)C(C)O)CC3)c(F)c2)nn1. The number of benzene rings is 1. The van der Waals surface area contributed by atoms with Crippen LogP contribution in [-0.2, 0) is 16.1 Å². The lowest BCUT2D eigenvalue weighted by molar-refractivity contribution is -0.139. The van der Waals surface area contributed by atoms with E-state index in [0.29, 0.717) is 5.69 Å². The van der Waals surface area contributed by atoms with Gasteiger partial charge in [-0.25, -0.2) is 13.5 Å². The number of aromatic nitrogens is 3. The molecule has 1 amide bonds. The van der Waals surface area contributed by atoms with Crippen LogP contribution in [-0.4, -0.2) is 75.5 Å². The van der Waals surface area contributed by atoms with Gasteiger partial charge in [-0.1, -0.05) is 5.21 Å². The topological polar surface area (TPSA) is 95.8 Å². The van der Waals surface area contributed by atoms with E-state index in [4.69, 9.17) is 17.0 Å². The highest BCUT2D eigenvalue weighted by atomic mass is 32.1. The van der Waals surface area contributed by atoms with Crippen molar-refractivity contribution in [3.63, 3.8) is 0 Å². The first-order chi connectivity index (χ1) is 14.3. The minimum absolute atomic E-state index is 0.157. The number of aliphatic hydroxyl groups excluding tert-OH is 1. The second kappa shape index (κ2) is 9.30. The molecular formula is C18H22F2N6O3S. The Kier molecular flexibility index (Phi) is 6.77. The molecule has 9 nitrogen and oxygen atoms in total.